The fourth-order valence-corrected chi connectivity index (χ4v) is 4.25. The van der Waals surface area contributed by atoms with Crippen molar-refractivity contribution in [3.8, 4) is 0 Å². The van der Waals surface area contributed by atoms with Crippen molar-refractivity contribution in [3.63, 3.8) is 0 Å². The number of hydrogen-bond acceptors (Lipinski definition) is 3. The number of rotatable bonds is 3. The Morgan fingerprint density at radius 2 is 2.04 bits per heavy atom. The van der Waals surface area contributed by atoms with Crippen LogP contribution in [0.1, 0.15) is 28.8 Å². The number of nitrogens with zero attached hydrogens (tertiary/aromatic N) is 3. The quantitative estimate of drug-likeness (QED) is 0.716. The number of aromatic nitrogens is 1. The Labute approximate surface area is 155 Å². The summed E-state index contributed by atoms with van der Waals surface area (Å²) >= 11 is 1.50. The molecule has 4 rings (SSSR count). The number of hydrogen-bond donors (Lipinski definition) is 0. The smallest absolute Gasteiger partial charge is 0.279 e. The Morgan fingerprint density at radius 3 is 2.81 bits per heavy atom. The van der Waals surface area contributed by atoms with E-state index in [0.717, 1.165) is 28.7 Å². The van der Waals surface area contributed by atoms with Gasteiger partial charge in [0.25, 0.3) is 5.91 Å². The highest BCUT2D eigenvalue weighted by atomic mass is 32.1. The van der Waals surface area contributed by atoms with Crippen molar-refractivity contribution >= 4 is 33.4 Å². The van der Waals surface area contributed by atoms with Crippen LogP contribution in [0, 0.1) is 0 Å². The van der Waals surface area contributed by atoms with Crippen molar-refractivity contribution in [2.45, 2.75) is 19.4 Å². The third-order valence-corrected chi connectivity index (χ3v) is 5.74. The van der Waals surface area contributed by atoms with Gasteiger partial charge in [0, 0.05) is 32.1 Å². The van der Waals surface area contributed by atoms with E-state index in [1.807, 2.05) is 59.0 Å². The van der Waals surface area contributed by atoms with E-state index in [2.05, 4.69) is 4.99 Å². The van der Waals surface area contributed by atoms with E-state index in [1.165, 1.54) is 11.3 Å². The zero-order valence-corrected chi connectivity index (χ0v) is 15.3. The van der Waals surface area contributed by atoms with Gasteiger partial charge in [0.2, 0.25) is 5.91 Å². The largest absolute Gasteiger partial charge is 0.338 e. The van der Waals surface area contributed by atoms with Crippen LogP contribution in [0.5, 0.6) is 0 Å². The molecule has 1 aromatic heterocycles. The maximum atomic E-state index is 12.6. The number of likely N-dealkylation sites (tertiary alicyclic amines) is 1. The number of amides is 2. The summed E-state index contributed by atoms with van der Waals surface area (Å²) in [4.78, 5) is 31.3. The summed E-state index contributed by atoms with van der Waals surface area (Å²) in [6.07, 6.45) is 1.53. The van der Waals surface area contributed by atoms with E-state index < -0.39 is 0 Å². The molecule has 1 aliphatic heterocycles. The van der Waals surface area contributed by atoms with E-state index in [1.54, 1.807) is 6.07 Å². The zero-order valence-electron chi connectivity index (χ0n) is 14.5. The van der Waals surface area contributed by atoms with E-state index in [4.69, 9.17) is 0 Å². The average molecular weight is 365 g/mol. The molecule has 1 saturated heterocycles. The van der Waals surface area contributed by atoms with Gasteiger partial charge in [-0.2, -0.15) is 4.99 Å². The second-order valence-corrected chi connectivity index (χ2v) is 7.46. The van der Waals surface area contributed by atoms with Gasteiger partial charge in [-0.05, 0) is 36.2 Å². The average Bonchev–Trinajstić information content (AvgIpc) is 3.19. The van der Waals surface area contributed by atoms with Gasteiger partial charge in [0.15, 0.2) is 4.80 Å². The number of benzene rings is 2. The highest BCUT2D eigenvalue weighted by Gasteiger charge is 2.20. The molecule has 0 unspecified atom stereocenters. The van der Waals surface area contributed by atoms with Crippen LogP contribution in [-0.4, -0.2) is 27.8 Å². The maximum Gasteiger partial charge on any atom is 0.279 e. The van der Waals surface area contributed by atoms with Gasteiger partial charge < -0.3 is 9.47 Å². The lowest BCUT2D eigenvalue weighted by Crippen LogP contribution is -2.23. The van der Waals surface area contributed by atoms with Gasteiger partial charge in [-0.25, -0.2) is 0 Å². The molecular formula is C20H19N3O2S. The molecule has 0 saturated carbocycles. The Morgan fingerprint density at radius 1 is 1.19 bits per heavy atom. The standard InChI is InChI=1S/C20H19N3O2S/c1-22-16-8-2-3-9-17(16)26-20(22)21-19(25)15-7-4-6-14(12-15)13-23-11-5-10-18(23)24/h2-4,6-9,12H,5,10-11,13H2,1H3. The van der Waals surface area contributed by atoms with Gasteiger partial charge in [-0.1, -0.05) is 35.6 Å². The Hall–Kier alpha value is -2.73. The molecule has 2 aromatic carbocycles. The highest BCUT2D eigenvalue weighted by Crippen LogP contribution is 2.17. The first-order valence-corrected chi connectivity index (χ1v) is 9.44. The van der Waals surface area contributed by atoms with Crippen molar-refractivity contribution in [2.24, 2.45) is 12.0 Å². The molecule has 3 aromatic rings. The second-order valence-electron chi connectivity index (χ2n) is 6.45. The molecular weight excluding hydrogens is 346 g/mol. The number of aryl methyl sites for hydroxylation is 1. The second kappa shape index (κ2) is 6.88. The van der Waals surface area contributed by atoms with Crippen LogP contribution in [0.4, 0.5) is 0 Å². The SMILES string of the molecule is Cn1c(=NC(=O)c2cccc(CN3CCCC3=O)c2)sc2ccccc21. The van der Waals surface area contributed by atoms with Crippen LogP contribution in [0.2, 0.25) is 0 Å². The van der Waals surface area contributed by atoms with Crippen molar-refractivity contribution in [3.05, 3.63) is 64.5 Å². The summed E-state index contributed by atoms with van der Waals surface area (Å²) in [6.45, 7) is 1.34. The summed E-state index contributed by atoms with van der Waals surface area (Å²) in [5.41, 5.74) is 2.57. The van der Waals surface area contributed by atoms with Crippen LogP contribution in [0.3, 0.4) is 0 Å². The van der Waals surface area contributed by atoms with E-state index in [9.17, 15) is 9.59 Å². The zero-order chi connectivity index (χ0) is 18.1. The fraction of sp³-hybridized carbons (Fsp3) is 0.250. The number of carbonyl (C=O) groups is 2. The van der Waals surface area contributed by atoms with Gasteiger partial charge >= 0.3 is 0 Å². The molecule has 26 heavy (non-hydrogen) atoms. The van der Waals surface area contributed by atoms with Crippen molar-refractivity contribution < 1.29 is 9.59 Å². The third-order valence-electron chi connectivity index (χ3n) is 4.63. The van der Waals surface area contributed by atoms with E-state index >= 15 is 0 Å². The lowest BCUT2D eigenvalue weighted by molar-refractivity contribution is -0.128. The fourth-order valence-electron chi connectivity index (χ4n) is 3.23. The van der Waals surface area contributed by atoms with Crippen molar-refractivity contribution in [2.75, 3.05) is 6.54 Å². The molecule has 0 radical (unpaired) electrons. The monoisotopic (exact) mass is 365 g/mol. The molecule has 2 heterocycles. The number of thiazole rings is 1. The van der Waals surface area contributed by atoms with Crippen molar-refractivity contribution in [1.29, 1.82) is 0 Å². The summed E-state index contributed by atoms with van der Waals surface area (Å²) in [5.74, 6) is -0.0783. The van der Waals surface area contributed by atoms with E-state index in [-0.39, 0.29) is 11.8 Å². The number of fused-ring (bicyclic) bond motifs is 1. The summed E-state index contributed by atoms with van der Waals surface area (Å²) < 4.78 is 3.04. The first-order chi connectivity index (χ1) is 12.6. The number of carbonyl (C=O) groups excluding carboxylic acids is 2. The molecule has 6 heteroatoms. The first kappa shape index (κ1) is 16.7. The highest BCUT2D eigenvalue weighted by molar-refractivity contribution is 7.16. The molecule has 0 N–H and O–H groups in total. The summed E-state index contributed by atoms with van der Waals surface area (Å²) in [7, 11) is 1.92. The van der Waals surface area contributed by atoms with E-state index in [0.29, 0.717) is 23.3 Å². The molecule has 1 fully saturated rings. The molecule has 2 amide bonds. The molecule has 0 atom stereocenters. The van der Waals surface area contributed by atoms with Gasteiger partial charge in [0.05, 0.1) is 10.2 Å². The topological polar surface area (TPSA) is 54.7 Å². The third kappa shape index (κ3) is 3.20. The molecule has 5 nitrogen and oxygen atoms in total. The maximum absolute atomic E-state index is 12.6. The minimum absolute atomic E-state index is 0.184. The lowest BCUT2D eigenvalue weighted by Gasteiger charge is -2.15. The van der Waals surface area contributed by atoms with Gasteiger partial charge in [-0.3, -0.25) is 9.59 Å². The van der Waals surface area contributed by atoms with Crippen LogP contribution >= 0.6 is 11.3 Å². The molecule has 1 aliphatic rings. The van der Waals surface area contributed by atoms with Crippen LogP contribution in [0.15, 0.2) is 53.5 Å². The molecule has 0 spiro atoms. The summed E-state index contributed by atoms with van der Waals surface area (Å²) in [6, 6.07) is 15.4. The van der Waals surface area contributed by atoms with Gasteiger partial charge in [-0.15, -0.1) is 0 Å². The molecule has 0 bridgehead atoms. The Kier molecular flexibility index (Phi) is 4.42. The molecule has 132 valence electrons. The van der Waals surface area contributed by atoms with Crippen LogP contribution < -0.4 is 4.80 Å². The van der Waals surface area contributed by atoms with Crippen molar-refractivity contribution in [1.82, 2.24) is 9.47 Å². The normalized spacial score (nSPS) is 15.2. The van der Waals surface area contributed by atoms with Crippen LogP contribution in [-0.2, 0) is 18.4 Å². The molecule has 0 aliphatic carbocycles. The predicted octanol–water partition coefficient (Wildman–Crippen LogP) is 3.10. The number of para-hydroxylation sites is 1. The lowest BCUT2D eigenvalue weighted by atomic mass is 10.1. The first-order valence-electron chi connectivity index (χ1n) is 8.62. The predicted molar refractivity (Wildman–Crippen MR) is 102 cm³/mol. The summed E-state index contributed by atoms with van der Waals surface area (Å²) in [5, 5.41) is 0. The van der Waals surface area contributed by atoms with Gasteiger partial charge in [0.1, 0.15) is 0 Å². The minimum Gasteiger partial charge on any atom is -0.338 e. The minimum atomic E-state index is -0.262. The van der Waals surface area contributed by atoms with Crippen LogP contribution in [0.25, 0.3) is 10.2 Å². The Bertz CT molecular complexity index is 1060. The Balaban J connectivity index is 1.62.